The van der Waals surface area contributed by atoms with Crippen molar-refractivity contribution in [3.8, 4) is 0 Å². The fourth-order valence-corrected chi connectivity index (χ4v) is 2.33. The zero-order valence-corrected chi connectivity index (χ0v) is 12.1. The summed E-state index contributed by atoms with van der Waals surface area (Å²) in [7, 11) is 0. The zero-order chi connectivity index (χ0) is 14.8. The first kappa shape index (κ1) is 13.7. The van der Waals surface area contributed by atoms with Crippen LogP contribution in [0.3, 0.4) is 0 Å². The molecule has 1 N–H and O–H groups in total. The summed E-state index contributed by atoms with van der Waals surface area (Å²) in [6.07, 6.45) is 3.33. The van der Waals surface area contributed by atoms with E-state index in [1.807, 2.05) is 20.0 Å². The van der Waals surface area contributed by atoms with Crippen molar-refractivity contribution in [2.45, 2.75) is 26.5 Å². The summed E-state index contributed by atoms with van der Waals surface area (Å²) in [5.41, 5.74) is 1.04. The molecule has 2 aromatic heterocycles. The van der Waals surface area contributed by atoms with Gasteiger partial charge in [0.1, 0.15) is 18.5 Å². The van der Waals surface area contributed by atoms with E-state index in [2.05, 4.69) is 20.3 Å². The van der Waals surface area contributed by atoms with Crippen LogP contribution in [-0.2, 0) is 16.1 Å². The smallest absolute Gasteiger partial charge is 0.244 e. The third-order valence-corrected chi connectivity index (χ3v) is 3.38. The van der Waals surface area contributed by atoms with Crippen molar-refractivity contribution in [2.24, 2.45) is 0 Å². The summed E-state index contributed by atoms with van der Waals surface area (Å²) < 4.78 is 7.30. The highest BCUT2D eigenvalue weighted by Gasteiger charge is 2.28. The molecule has 1 saturated heterocycles. The first-order valence-corrected chi connectivity index (χ1v) is 6.89. The molecule has 0 radical (unpaired) electrons. The van der Waals surface area contributed by atoms with Crippen molar-refractivity contribution in [2.75, 3.05) is 19.7 Å². The number of rotatable bonds is 3. The van der Waals surface area contributed by atoms with E-state index in [9.17, 15) is 4.79 Å². The molecular formula is C13H18N6O2. The average molecular weight is 290 g/mol. The Hall–Kier alpha value is -2.22. The molecule has 0 aliphatic carbocycles. The van der Waals surface area contributed by atoms with Crippen LogP contribution >= 0.6 is 0 Å². The highest BCUT2D eigenvalue weighted by atomic mass is 16.5. The van der Waals surface area contributed by atoms with Crippen LogP contribution in [-0.4, -0.2) is 55.5 Å². The number of aromatic nitrogens is 5. The summed E-state index contributed by atoms with van der Waals surface area (Å²) in [6, 6.07) is 0. The molecule has 2 aromatic rings. The van der Waals surface area contributed by atoms with Gasteiger partial charge in [-0.05, 0) is 19.4 Å². The normalized spacial score (nSPS) is 19.0. The minimum absolute atomic E-state index is 0.0265. The number of nitrogens with zero attached hydrogens (tertiary/aromatic N) is 5. The van der Waals surface area contributed by atoms with Gasteiger partial charge in [-0.1, -0.05) is 0 Å². The topological polar surface area (TPSA) is 88.9 Å². The van der Waals surface area contributed by atoms with Crippen LogP contribution in [0, 0.1) is 13.8 Å². The van der Waals surface area contributed by atoms with E-state index in [1.54, 1.807) is 15.8 Å². The molecule has 0 unspecified atom stereocenters. The van der Waals surface area contributed by atoms with E-state index in [1.165, 1.54) is 0 Å². The number of amides is 1. The Kier molecular flexibility index (Phi) is 3.70. The first-order chi connectivity index (χ1) is 10.1. The Bertz CT molecular complexity index is 634. The van der Waals surface area contributed by atoms with Crippen molar-refractivity contribution in [1.29, 1.82) is 0 Å². The number of H-pyrrole nitrogens is 1. The van der Waals surface area contributed by atoms with Crippen LogP contribution in [0.5, 0.6) is 0 Å². The van der Waals surface area contributed by atoms with Gasteiger partial charge in [0, 0.05) is 12.7 Å². The van der Waals surface area contributed by atoms with Gasteiger partial charge in [0.15, 0.2) is 5.82 Å². The number of carbonyl (C=O) groups excluding carboxylic acids is 1. The van der Waals surface area contributed by atoms with Crippen LogP contribution in [0.4, 0.5) is 0 Å². The number of hydrogen-bond donors (Lipinski definition) is 1. The van der Waals surface area contributed by atoms with Crippen LogP contribution in [0.1, 0.15) is 23.3 Å². The average Bonchev–Trinajstić information content (AvgIpc) is 3.08. The summed E-state index contributed by atoms with van der Waals surface area (Å²) in [6.45, 7) is 5.57. The molecule has 3 rings (SSSR count). The number of ether oxygens (including phenoxy) is 1. The molecule has 1 atom stereocenters. The summed E-state index contributed by atoms with van der Waals surface area (Å²) in [4.78, 5) is 18.4. The third kappa shape index (κ3) is 3.10. The molecule has 1 aliphatic rings. The fourth-order valence-electron chi connectivity index (χ4n) is 2.33. The summed E-state index contributed by atoms with van der Waals surface area (Å²) >= 11 is 0. The predicted octanol–water partition coefficient (Wildman–Crippen LogP) is 0.218. The second-order valence-corrected chi connectivity index (χ2v) is 5.19. The van der Waals surface area contributed by atoms with Crippen LogP contribution in [0.15, 0.2) is 12.4 Å². The highest BCUT2D eigenvalue weighted by molar-refractivity contribution is 5.76. The molecule has 1 fully saturated rings. The molecule has 8 heteroatoms. The van der Waals surface area contributed by atoms with Gasteiger partial charge < -0.3 is 9.64 Å². The first-order valence-electron chi connectivity index (χ1n) is 6.89. The third-order valence-electron chi connectivity index (χ3n) is 3.38. The van der Waals surface area contributed by atoms with Gasteiger partial charge in [-0.25, -0.2) is 4.98 Å². The van der Waals surface area contributed by atoms with Gasteiger partial charge in [-0.15, -0.1) is 0 Å². The number of hydrogen-bond acceptors (Lipinski definition) is 5. The van der Waals surface area contributed by atoms with Gasteiger partial charge in [0.05, 0.1) is 19.3 Å². The van der Waals surface area contributed by atoms with Crippen molar-refractivity contribution < 1.29 is 9.53 Å². The fraction of sp³-hybridized carbons (Fsp3) is 0.538. The maximum atomic E-state index is 12.3. The molecule has 0 saturated carbocycles. The summed E-state index contributed by atoms with van der Waals surface area (Å²) in [5.74, 6) is 1.36. The second kappa shape index (κ2) is 5.65. The maximum absolute atomic E-state index is 12.3. The predicted molar refractivity (Wildman–Crippen MR) is 73.4 cm³/mol. The quantitative estimate of drug-likeness (QED) is 0.873. The SMILES string of the molecule is Cc1cnn(CC(=O)N2CCO[C@H](c3n[nH]c(C)n3)C2)c1. The lowest BCUT2D eigenvalue weighted by atomic mass is 10.2. The molecule has 3 heterocycles. The maximum Gasteiger partial charge on any atom is 0.244 e. The molecule has 1 aliphatic heterocycles. The van der Waals surface area contributed by atoms with Crippen LogP contribution in [0.25, 0.3) is 0 Å². The summed E-state index contributed by atoms with van der Waals surface area (Å²) in [5, 5.41) is 11.0. The molecule has 0 bridgehead atoms. The van der Waals surface area contributed by atoms with Crippen molar-refractivity contribution in [1.82, 2.24) is 29.9 Å². The molecule has 1 amide bonds. The Labute approximate surface area is 122 Å². The highest BCUT2D eigenvalue weighted by Crippen LogP contribution is 2.19. The number of aromatic amines is 1. The van der Waals surface area contributed by atoms with Gasteiger partial charge in [0.2, 0.25) is 5.91 Å². The standard InChI is InChI=1S/C13H18N6O2/c1-9-5-14-19(6-9)8-12(20)18-3-4-21-11(7-18)13-15-10(2)16-17-13/h5-6,11H,3-4,7-8H2,1-2H3,(H,15,16,17)/t11-/m0/s1. The van der Waals surface area contributed by atoms with Crippen LogP contribution in [0.2, 0.25) is 0 Å². The zero-order valence-electron chi connectivity index (χ0n) is 12.1. The molecule has 0 aromatic carbocycles. The second-order valence-electron chi connectivity index (χ2n) is 5.19. The Morgan fingerprint density at radius 3 is 3.05 bits per heavy atom. The number of morpholine rings is 1. The van der Waals surface area contributed by atoms with Crippen molar-refractivity contribution >= 4 is 5.91 Å². The largest absolute Gasteiger partial charge is 0.366 e. The Morgan fingerprint density at radius 2 is 2.38 bits per heavy atom. The molecule has 0 spiro atoms. The van der Waals surface area contributed by atoms with E-state index < -0.39 is 0 Å². The van der Waals surface area contributed by atoms with E-state index in [4.69, 9.17) is 4.74 Å². The molecular weight excluding hydrogens is 272 g/mol. The lowest BCUT2D eigenvalue weighted by Crippen LogP contribution is -2.44. The van der Waals surface area contributed by atoms with Gasteiger partial charge in [-0.3, -0.25) is 14.6 Å². The van der Waals surface area contributed by atoms with E-state index in [0.717, 1.165) is 11.4 Å². The van der Waals surface area contributed by atoms with Gasteiger partial charge >= 0.3 is 0 Å². The number of nitrogens with one attached hydrogen (secondary N) is 1. The van der Waals surface area contributed by atoms with Gasteiger partial charge in [-0.2, -0.15) is 10.2 Å². The molecule has 21 heavy (non-hydrogen) atoms. The minimum atomic E-state index is -0.271. The number of carbonyl (C=O) groups is 1. The monoisotopic (exact) mass is 290 g/mol. The molecule has 8 nitrogen and oxygen atoms in total. The van der Waals surface area contributed by atoms with Crippen LogP contribution < -0.4 is 0 Å². The molecule has 112 valence electrons. The van der Waals surface area contributed by atoms with E-state index in [-0.39, 0.29) is 18.6 Å². The Balaban J connectivity index is 1.64. The van der Waals surface area contributed by atoms with Gasteiger partial charge in [0.25, 0.3) is 0 Å². The van der Waals surface area contributed by atoms with E-state index in [0.29, 0.717) is 25.5 Å². The Morgan fingerprint density at radius 1 is 1.52 bits per heavy atom. The number of aryl methyl sites for hydroxylation is 2. The lowest BCUT2D eigenvalue weighted by molar-refractivity contribution is -0.140. The van der Waals surface area contributed by atoms with Crippen molar-refractivity contribution in [3.05, 3.63) is 29.6 Å². The minimum Gasteiger partial charge on any atom is -0.366 e. The lowest BCUT2D eigenvalue weighted by Gasteiger charge is -2.31. The van der Waals surface area contributed by atoms with E-state index >= 15 is 0 Å². The van der Waals surface area contributed by atoms with Crippen molar-refractivity contribution in [3.63, 3.8) is 0 Å².